The summed E-state index contributed by atoms with van der Waals surface area (Å²) in [6.07, 6.45) is 2.67. The number of aryl methyl sites for hydroxylation is 1. The van der Waals surface area contributed by atoms with E-state index in [0.29, 0.717) is 12.8 Å². The van der Waals surface area contributed by atoms with Crippen LogP contribution in [0.2, 0.25) is 0 Å². The smallest absolute Gasteiger partial charge is 0.411 e. The van der Waals surface area contributed by atoms with Gasteiger partial charge in [0, 0.05) is 25.7 Å². The Hall–Kier alpha value is -4.14. The second kappa shape index (κ2) is 8.90. The minimum absolute atomic E-state index is 0.000805. The Morgan fingerprint density at radius 3 is 2.29 bits per heavy atom. The fourth-order valence-electron chi connectivity index (χ4n) is 4.90. The number of hydrogen-bond acceptors (Lipinski definition) is 5. The maximum atomic E-state index is 12.7. The molecule has 1 fully saturated rings. The van der Waals surface area contributed by atoms with Gasteiger partial charge in [0.2, 0.25) is 0 Å². The van der Waals surface area contributed by atoms with Gasteiger partial charge in [0.05, 0.1) is 11.1 Å². The lowest BCUT2D eigenvalue weighted by Gasteiger charge is -2.37. The van der Waals surface area contributed by atoms with Crippen molar-refractivity contribution >= 4 is 23.7 Å². The standard InChI is InChI=1S/C26H26N4O5/c1-30-13-21(22(29-30)23(31)27-15-26(24(32)33)11-6-12-26)28-25(34)35-14-20-18-9-4-2-7-16(18)17-8-3-5-10-19(17)20/h2-5,7-10,13,20H,6,11-12,14-15H2,1H3,(H,27,31)(H,28,34)(H,32,33). The van der Waals surface area contributed by atoms with Crippen LogP contribution in [0.25, 0.3) is 11.1 Å². The van der Waals surface area contributed by atoms with Crippen molar-refractivity contribution in [2.75, 3.05) is 18.5 Å². The molecule has 0 saturated heterocycles. The number of amides is 2. The van der Waals surface area contributed by atoms with E-state index in [1.165, 1.54) is 10.9 Å². The fraction of sp³-hybridized carbons (Fsp3) is 0.308. The third kappa shape index (κ3) is 4.14. The van der Waals surface area contributed by atoms with Crippen LogP contribution in [0.1, 0.15) is 46.8 Å². The molecule has 1 heterocycles. The average Bonchev–Trinajstić information content (AvgIpc) is 3.34. The monoisotopic (exact) mass is 474 g/mol. The molecule has 0 radical (unpaired) electrons. The zero-order chi connectivity index (χ0) is 24.6. The highest BCUT2D eigenvalue weighted by atomic mass is 16.5. The van der Waals surface area contributed by atoms with Gasteiger partial charge >= 0.3 is 12.1 Å². The van der Waals surface area contributed by atoms with Gasteiger partial charge in [-0.3, -0.25) is 19.6 Å². The lowest BCUT2D eigenvalue weighted by molar-refractivity contribution is -0.153. The molecule has 2 aromatic carbocycles. The summed E-state index contributed by atoms with van der Waals surface area (Å²) in [6, 6.07) is 16.1. The summed E-state index contributed by atoms with van der Waals surface area (Å²) in [5.74, 6) is -1.55. The van der Waals surface area contributed by atoms with Gasteiger partial charge in [-0.1, -0.05) is 55.0 Å². The van der Waals surface area contributed by atoms with Gasteiger partial charge in [-0.25, -0.2) is 4.79 Å². The molecule has 3 aromatic rings. The number of carboxylic acids is 1. The second-order valence-corrected chi connectivity index (χ2v) is 9.14. The Morgan fingerprint density at radius 1 is 1.09 bits per heavy atom. The number of aliphatic carboxylic acids is 1. The molecular weight excluding hydrogens is 448 g/mol. The van der Waals surface area contributed by atoms with Crippen molar-refractivity contribution in [3.8, 4) is 11.1 Å². The number of carbonyl (C=O) groups excluding carboxylic acids is 2. The van der Waals surface area contributed by atoms with E-state index in [1.54, 1.807) is 7.05 Å². The Bertz CT molecular complexity index is 1270. The summed E-state index contributed by atoms with van der Waals surface area (Å²) >= 11 is 0. The molecule has 35 heavy (non-hydrogen) atoms. The van der Waals surface area contributed by atoms with Crippen LogP contribution in [0.3, 0.4) is 0 Å². The number of rotatable bonds is 7. The van der Waals surface area contributed by atoms with Crippen molar-refractivity contribution in [1.82, 2.24) is 15.1 Å². The Balaban J connectivity index is 1.24. The van der Waals surface area contributed by atoms with Gasteiger partial charge in [-0.2, -0.15) is 5.10 Å². The Morgan fingerprint density at radius 2 is 1.71 bits per heavy atom. The summed E-state index contributed by atoms with van der Waals surface area (Å²) in [4.78, 5) is 37.0. The van der Waals surface area contributed by atoms with Crippen LogP contribution < -0.4 is 10.6 Å². The lowest BCUT2D eigenvalue weighted by Crippen LogP contribution is -2.47. The number of hydrogen-bond donors (Lipinski definition) is 3. The second-order valence-electron chi connectivity index (χ2n) is 9.14. The minimum atomic E-state index is -0.926. The molecule has 2 aliphatic carbocycles. The van der Waals surface area contributed by atoms with E-state index >= 15 is 0 Å². The normalized spacial score (nSPS) is 15.5. The van der Waals surface area contributed by atoms with Crippen LogP contribution in [-0.2, 0) is 16.6 Å². The molecule has 2 aliphatic rings. The predicted octanol–water partition coefficient (Wildman–Crippen LogP) is 3.77. The molecular formula is C26H26N4O5. The molecule has 0 bridgehead atoms. The molecule has 0 aliphatic heterocycles. The number of anilines is 1. The highest BCUT2D eigenvalue weighted by Gasteiger charge is 2.44. The molecule has 9 nitrogen and oxygen atoms in total. The van der Waals surface area contributed by atoms with Gasteiger partial charge < -0.3 is 15.2 Å². The fourth-order valence-corrected chi connectivity index (χ4v) is 4.90. The van der Waals surface area contributed by atoms with Crippen LogP contribution >= 0.6 is 0 Å². The maximum Gasteiger partial charge on any atom is 0.411 e. The van der Waals surface area contributed by atoms with Crippen molar-refractivity contribution in [3.05, 3.63) is 71.5 Å². The highest BCUT2D eigenvalue weighted by molar-refractivity contribution is 6.01. The number of nitrogens with zero attached hydrogens (tertiary/aromatic N) is 2. The number of carbonyl (C=O) groups is 3. The summed E-state index contributed by atoms with van der Waals surface area (Å²) < 4.78 is 6.97. The molecule has 1 aromatic heterocycles. The summed E-state index contributed by atoms with van der Waals surface area (Å²) in [6.45, 7) is 0.158. The van der Waals surface area contributed by atoms with Crippen LogP contribution in [0.5, 0.6) is 0 Å². The predicted molar refractivity (Wildman–Crippen MR) is 128 cm³/mol. The van der Waals surface area contributed by atoms with Crippen molar-refractivity contribution in [2.45, 2.75) is 25.2 Å². The highest BCUT2D eigenvalue weighted by Crippen LogP contribution is 2.44. The molecule has 1 saturated carbocycles. The first-order valence-electron chi connectivity index (χ1n) is 11.6. The zero-order valence-corrected chi connectivity index (χ0v) is 19.3. The number of benzene rings is 2. The quantitative estimate of drug-likeness (QED) is 0.479. The van der Waals surface area contributed by atoms with Crippen LogP contribution in [-0.4, -0.2) is 46.0 Å². The first-order chi connectivity index (χ1) is 16.9. The van der Waals surface area contributed by atoms with E-state index in [2.05, 4.69) is 27.9 Å². The first kappa shape index (κ1) is 22.6. The van der Waals surface area contributed by atoms with E-state index in [0.717, 1.165) is 28.7 Å². The Labute approximate surface area is 202 Å². The molecule has 3 N–H and O–H groups in total. The molecule has 2 amide bonds. The summed E-state index contributed by atoms with van der Waals surface area (Å²) in [5, 5.41) is 18.9. The van der Waals surface area contributed by atoms with Crippen molar-refractivity contribution in [3.63, 3.8) is 0 Å². The van der Waals surface area contributed by atoms with E-state index < -0.39 is 23.4 Å². The third-order valence-corrected chi connectivity index (χ3v) is 6.98. The van der Waals surface area contributed by atoms with Gasteiger partial charge in [-0.05, 0) is 35.1 Å². The van der Waals surface area contributed by atoms with E-state index in [1.807, 2.05) is 36.4 Å². The number of carboxylic acid groups (broad SMARTS) is 1. The number of aromatic nitrogens is 2. The van der Waals surface area contributed by atoms with Crippen molar-refractivity contribution in [2.24, 2.45) is 12.5 Å². The maximum absolute atomic E-state index is 12.7. The Kier molecular flexibility index (Phi) is 5.76. The number of fused-ring (bicyclic) bond motifs is 3. The van der Waals surface area contributed by atoms with E-state index in [4.69, 9.17) is 4.74 Å². The van der Waals surface area contributed by atoms with E-state index in [-0.39, 0.29) is 30.5 Å². The molecule has 0 atom stereocenters. The first-order valence-corrected chi connectivity index (χ1v) is 11.6. The third-order valence-electron chi connectivity index (χ3n) is 6.98. The zero-order valence-electron chi connectivity index (χ0n) is 19.3. The molecule has 5 rings (SSSR count). The van der Waals surface area contributed by atoms with Gasteiger partial charge in [0.25, 0.3) is 5.91 Å². The molecule has 0 spiro atoms. The molecule has 0 unspecified atom stereocenters. The average molecular weight is 475 g/mol. The van der Waals surface area contributed by atoms with Crippen LogP contribution in [0.15, 0.2) is 54.7 Å². The lowest BCUT2D eigenvalue weighted by atomic mass is 9.69. The van der Waals surface area contributed by atoms with Crippen LogP contribution in [0.4, 0.5) is 10.5 Å². The van der Waals surface area contributed by atoms with Crippen molar-refractivity contribution in [1.29, 1.82) is 0 Å². The molecule has 180 valence electrons. The number of ether oxygens (including phenoxy) is 1. The van der Waals surface area contributed by atoms with E-state index in [9.17, 15) is 19.5 Å². The van der Waals surface area contributed by atoms with Crippen molar-refractivity contribution < 1.29 is 24.2 Å². The largest absolute Gasteiger partial charge is 0.481 e. The topological polar surface area (TPSA) is 123 Å². The van der Waals surface area contributed by atoms with Crippen LogP contribution in [0, 0.1) is 5.41 Å². The SMILES string of the molecule is Cn1cc(NC(=O)OCC2c3ccccc3-c3ccccc32)c(C(=O)NCC2(C(=O)O)CCC2)n1. The minimum Gasteiger partial charge on any atom is -0.481 e. The summed E-state index contributed by atoms with van der Waals surface area (Å²) in [5.41, 5.74) is 3.74. The summed E-state index contributed by atoms with van der Waals surface area (Å²) in [7, 11) is 1.63. The van der Waals surface area contributed by atoms with Gasteiger partial charge in [0.1, 0.15) is 6.61 Å². The number of nitrogens with one attached hydrogen (secondary N) is 2. The molecule has 9 heteroatoms. The van der Waals surface area contributed by atoms with Gasteiger partial charge in [-0.15, -0.1) is 0 Å². The van der Waals surface area contributed by atoms with Gasteiger partial charge in [0.15, 0.2) is 5.69 Å².